The Morgan fingerprint density at radius 2 is 1.06 bits per heavy atom. The monoisotopic (exact) mass is 246 g/mol. The van der Waals surface area contributed by atoms with Crippen LogP contribution in [0.3, 0.4) is 0 Å². The van der Waals surface area contributed by atoms with Gasteiger partial charge in [0.05, 0.1) is 19.0 Å². The number of benzene rings is 1. The van der Waals surface area contributed by atoms with Gasteiger partial charge in [-0.2, -0.15) is 0 Å². The third-order valence-electron chi connectivity index (χ3n) is 2.51. The van der Waals surface area contributed by atoms with Crippen molar-refractivity contribution < 1.29 is 0 Å². The fraction of sp³-hybridized carbons (Fsp3) is 0.286. The maximum absolute atomic E-state index is 2.42. The van der Waals surface area contributed by atoms with Crippen LogP contribution >= 0.6 is 0 Å². The molecule has 1 aromatic carbocycles. The van der Waals surface area contributed by atoms with Crippen LogP contribution in [0.5, 0.6) is 0 Å². The smallest absolute Gasteiger partial charge is 0.0782 e. The lowest BCUT2D eigenvalue weighted by molar-refractivity contribution is 1.41. The average Bonchev–Trinajstić information content (AvgIpc) is 2.25. The minimum absolute atomic E-state index is 0.166. The first-order valence-electron chi connectivity index (χ1n) is 5.92. The number of hydrogen-bond donors (Lipinski definition) is 0. The Hall–Kier alpha value is -0.866. The molecule has 0 amide bonds. The van der Waals surface area contributed by atoms with Crippen molar-refractivity contribution >= 4 is 29.4 Å². The van der Waals surface area contributed by atoms with Gasteiger partial charge in [0.25, 0.3) is 0 Å². The molecule has 1 aromatic rings. The molecule has 0 spiro atoms. The van der Waals surface area contributed by atoms with E-state index in [0.717, 1.165) is 0 Å². The molecule has 0 aliphatic rings. The van der Waals surface area contributed by atoms with Crippen LogP contribution in [0.15, 0.2) is 46.8 Å². The summed E-state index contributed by atoms with van der Waals surface area (Å²) in [6.45, 7) is 8.73. The largest absolute Gasteiger partial charge is 0.0975 e. The molecule has 0 aliphatic carbocycles. The fourth-order valence-corrected chi connectivity index (χ4v) is 3.76. The van der Waals surface area contributed by atoms with Crippen LogP contribution in [0.4, 0.5) is 0 Å². The van der Waals surface area contributed by atoms with E-state index in [4.69, 9.17) is 0 Å². The summed E-state index contributed by atoms with van der Waals surface area (Å²) in [5.74, 6) is 0. The van der Waals surface area contributed by atoms with Gasteiger partial charge < -0.3 is 0 Å². The van der Waals surface area contributed by atoms with Gasteiger partial charge in [0.2, 0.25) is 0 Å². The summed E-state index contributed by atoms with van der Waals surface area (Å²) in [6.07, 6.45) is 0. The summed E-state index contributed by atoms with van der Waals surface area (Å²) in [7, 11) is -0.333. The summed E-state index contributed by atoms with van der Waals surface area (Å²) >= 11 is 0. The van der Waals surface area contributed by atoms with E-state index in [9.17, 15) is 0 Å². The molecular weight excluding hydrogens is 224 g/mol. The van der Waals surface area contributed by atoms with Gasteiger partial charge in [-0.05, 0) is 27.7 Å². The number of allylic oxidation sites excluding steroid dienone is 2. The average molecular weight is 247 g/mol. The van der Waals surface area contributed by atoms with Crippen LogP contribution in [0.25, 0.3) is 0 Å². The lowest BCUT2D eigenvalue weighted by Crippen LogP contribution is -2.18. The van der Waals surface area contributed by atoms with Gasteiger partial charge in [0, 0.05) is 0 Å². The first-order chi connectivity index (χ1) is 7.58. The third-order valence-corrected chi connectivity index (χ3v) is 6.44. The van der Waals surface area contributed by atoms with Gasteiger partial charge in [0.1, 0.15) is 0 Å². The minimum Gasteiger partial charge on any atom is -0.0975 e. The Bertz CT molecular complexity index is 339. The molecule has 0 fully saturated rings. The molecule has 0 nitrogen and oxygen atoms in total. The van der Waals surface area contributed by atoms with E-state index in [1.807, 2.05) is 0 Å². The zero-order valence-electron chi connectivity index (χ0n) is 10.9. The van der Waals surface area contributed by atoms with Crippen molar-refractivity contribution in [2.24, 2.45) is 0 Å². The molecule has 0 unspecified atom stereocenters. The highest BCUT2D eigenvalue weighted by molar-refractivity contribution is 6.60. The SMILES string of the molecule is CC(C)=C[SiH2]c1ccc([SiH2]C=C(C)C)cc1. The molecule has 0 bridgehead atoms. The summed E-state index contributed by atoms with van der Waals surface area (Å²) in [5.41, 5.74) is 7.75. The molecule has 2 heteroatoms. The van der Waals surface area contributed by atoms with Crippen molar-refractivity contribution in [2.75, 3.05) is 0 Å². The second-order valence-electron chi connectivity index (χ2n) is 4.79. The molecule has 0 saturated heterocycles. The summed E-state index contributed by atoms with van der Waals surface area (Å²) in [4.78, 5) is 0. The summed E-state index contributed by atoms with van der Waals surface area (Å²) in [6, 6.07) is 9.30. The van der Waals surface area contributed by atoms with E-state index in [-0.39, 0.29) is 19.0 Å². The molecule has 0 atom stereocenters. The van der Waals surface area contributed by atoms with Crippen LogP contribution in [-0.2, 0) is 0 Å². The first kappa shape index (κ1) is 13.2. The summed E-state index contributed by atoms with van der Waals surface area (Å²) < 4.78 is 0. The zero-order chi connectivity index (χ0) is 12.0. The van der Waals surface area contributed by atoms with Gasteiger partial charge in [-0.1, -0.05) is 57.2 Å². The molecule has 0 radical (unpaired) electrons. The molecular formula is C14H22Si2. The van der Waals surface area contributed by atoms with Crippen molar-refractivity contribution in [3.8, 4) is 0 Å². The van der Waals surface area contributed by atoms with Crippen LogP contribution in [0, 0.1) is 0 Å². The van der Waals surface area contributed by atoms with E-state index >= 15 is 0 Å². The topological polar surface area (TPSA) is 0 Å². The second kappa shape index (κ2) is 6.66. The Kier molecular flexibility index (Phi) is 5.49. The maximum atomic E-state index is 2.42. The predicted octanol–water partition coefficient (Wildman–Crippen LogP) is 1.12. The van der Waals surface area contributed by atoms with Crippen molar-refractivity contribution in [2.45, 2.75) is 27.7 Å². The van der Waals surface area contributed by atoms with Gasteiger partial charge in [0.15, 0.2) is 0 Å². The molecule has 0 aliphatic heterocycles. The zero-order valence-corrected chi connectivity index (χ0v) is 13.7. The fourth-order valence-electron chi connectivity index (χ4n) is 1.46. The Balaban J connectivity index is 2.61. The van der Waals surface area contributed by atoms with Crippen molar-refractivity contribution in [1.29, 1.82) is 0 Å². The minimum atomic E-state index is -0.166. The lowest BCUT2D eigenvalue weighted by Gasteiger charge is -2.00. The van der Waals surface area contributed by atoms with Crippen LogP contribution in [0.1, 0.15) is 27.7 Å². The maximum Gasteiger partial charge on any atom is 0.0782 e. The first-order valence-corrected chi connectivity index (χ1v) is 8.97. The standard InChI is InChI=1S/C14H22Si2/c1-11(2)9-15-13-5-7-14(8-6-13)16-10-12(3)4/h5-10H,15-16H2,1-4H3. The van der Waals surface area contributed by atoms with E-state index < -0.39 is 0 Å². The van der Waals surface area contributed by atoms with Crippen molar-refractivity contribution in [1.82, 2.24) is 0 Å². The number of rotatable bonds is 4. The molecule has 1 rings (SSSR count). The Morgan fingerprint density at radius 3 is 1.31 bits per heavy atom. The lowest BCUT2D eigenvalue weighted by atomic mass is 10.4. The van der Waals surface area contributed by atoms with Gasteiger partial charge in [-0.15, -0.1) is 0 Å². The quantitative estimate of drug-likeness (QED) is 0.699. The highest BCUT2D eigenvalue weighted by atomic mass is 28.2. The normalized spacial score (nSPS) is 11.2. The van der Waals surface area contributed by atoms with Crippen LogP contribution < -0.4 is 10.4 Å². The third kappa shape index (κ3) is 5.28. The molecule has 86 valence electrons. The highest BCUT2D eigenvalue weighted by Crippen LogP contribution is 1.89. The van der Waals surface area contributed by atoms with Crippen molar-refractivity contribution in [3.05, 3.63) is 46.8 Å². The molecule has 0 aromatic heterocycles. The Labute approximate surface area is 104 Å². The molecule has 0 saturated carbocycles. The van der Waals surface area contributed by atoms with E-state index in [2.05, 4.69) is 63.4 Å². The number of hydrogen-bond acceptors (Lipinski definition) is 0. The molecule has 0 N–H and O–H groups in total. The van der Waals surface area contributed by atoms with E-state index in [1.54, 1.807) is 10.4 Å². The predicted molar refractivity (Wildman–Crippen MR) is 81.7 cm³/mol. The highest BCUT2D eigenvalue weighted by Gasteiger charge is 1.93. The van der Waals surface area contributed by atoms with E-state index in [1.165, 1.54) is 11.1 Å². The van der Waals surface area contributed by atoms with Gasteiger partial charge in [-0.25, -0.2) is 0 Å². The molecule has 0 heterocycles. The van der Waals surface area contributed by atoms with E-state index in [0.29, 0.717) is 0 Å². The Morgan fingerprint density at radius 1 is 0.750 bits per heavy atom. The summed E-state index contributed by atoms with van der Waals surface area (Å²) in [5, 5.41) is 3.10. The second-order valence-corrected chi connectivity index (χ2v) is 8.05. The van der Waals surface area contributed by atoms with Crippen LogP contribution in [0.2, 0.25) is 0 Å². The van der Waals surface area contributed by atoms with Gasteiger partial charge in [-0.3, -0.25) is 0 Å². The van der Waals surface area contributed by atoms with Crippen LogP contribution in [-0.4, -0.2) is 19.0 Å². The van der Waals surface area contributed by atoms with Gasteiger partial charge >= 0.3 is 0 Å². The van der Waals surface area contributed by atoms with Crippen molar-refractivity contribution in [3.63, 3.8) is 0 Å². The molecule has 16 heavy (non-hydrogen) atoms.